The Bertz CT molecular complexity index is 1420. The van der Waals surface area contributed by atoms with Crippen molar-refractivity contribution in [2.75, 3.05) is 40.7 Å². The Balaban J connectivity index is 1.47. The highest BCUT2D eigenvalue weighted by Crippen LogP contribution is 2.32. The molecule has 1 aliphatic rings. The minimum absolute atomic E-state index is 0.207. The molecule has 5 rings (SSSR count). The van der Waals surface area contributed by atoms with Crippen molar-refractivity contribution in [2.24, 2.45) is 0 Å². The third-order valence-corrected chi connectivity index (χ3v) is 9.14. The molecule has 0 amide bonds. The maximum absolute atomic E-state index is 13.0. The Morgan fingerprint density at radius 3 is 2.18 bits per heavy atom. The second-order valence-electron chi connectivity index (χ2n) is 7.47. The van der Waals surface area contributed by atoms with Crippen LogP contribution in [0, 0.1) is 0 Å². The monoisotopic (exact) mass is 563 g/mol. The van der Waals surface area contributed by atoms with Crippen LogP contribution in [0.1, 0.15) is 0 Å². The van der Waals surface area contributed by atoms with Gasteiger partial charge in [0.2, 0.25) is 0 Å². The summed E-state index contributed by atoms with van der Waals surface area (Å²) in [6.45, 7) is 2.75. The van der Waals surface area contributed by atoms with Crippen molar-refractivity contribution in [3.63, 3.8) is 0 Å². The zero-order chi connectivity index (χ0) is 23.0. The summed E-state index contributed by atoms with van der Waals surface area (Å²) in [7, 11) is -3.80. The molecule has 1 saturated heterocycles. The number of rotatable bonds is 5. The van der Waals surface area contributed by atoms with Crippen LogP contribution >= 0.6 is 38.9 Å². The molecule has 0 spiro atoms. The molecule has 0 bridgehead atoms. The van der Waals surface area contributed by atoms with Crippen LogP contribution in [0.15, 0.2) is 68.7 Å². The highest BCUT2D eigenvalue weighted by Gasteiger charge is 2.26. The van der Waals surface area contributed by atoms with Crippen molar-refractivity contribution in [1.29, 1.82) is 0 Å². The number of piperazine rings is 1. The topological polar surface area (TPSA) is 78.4 Å². The molecule has 1 fully saturated rings. The Morgan fingerprint density at radius 2 is 1.52 bits per heavy atom. The summed E-state index contributed by atoms with van der Waals surface area (Å²) in [5.74, 6) is 0.746. The van der Waals surface area contributed by atoms with Gasteiger partial charge in [-0.25, -0.2) is 18.4 Å². The van der Waals surface area contributed by atoms with Crippen molar-refractivity contribution in [3.05, 3.63) is 69.5 Å². The van der Waals surface area contributed by atoms with Crippen molar-refractivity contribution in [1.82, 2.24) is 9.97 Å². The number of para-hydroxylation sites is 3. The Kier molecular flexibility index (Phi) is 6.17. The summed E-state index contributed by atoms with van der Waals surface area (Å²) in [6.07, 6.45) is 0. The molecular formula is C22H19BrClN5O2S2. The van der Waals surface area contributed by atoms with E-state index in [1.54, 1.807) is 12.1 Å². The molecule has 2 aromatic carbocycles. The number of halogens is 2. The smallest absolute Gasteiger partial charge is 0.272 e. The lowest BCUT2D eigenvalue weighted by Crippen LogP contribution is -2.47. The molecule has 1 aliphatic heterocycles. The van der Waals surface area contributed by atoms with Gasteiger partial charge in [-0.1, -0.05) is 35.9 Å². The Labute approximate surface area is 209 Å². The van der Waals surface area contributed by atoms with Crippen molar-refractivity contribution >= 4 is 77.2 Å². The van der Waals surface area contributed by atoms with Gasteiger partial charge in [-0.2, -0.15) is 0 Å². The molecule has 0 aliphatic carbocycles. The Morgan fingerprint density at radius 1 is 0.879 bits per heavy atom. The number of hydrogen-bond donors (Lipinski definition) is 1. The molecular weight excluding hydrogens is 546 g/mol. The van der Waals surface area contributed by atoms with Crippen LogP contribution in [0.2, 0.25) is 5.02 Å². The number of nitrogens with zero attached hydrogens (tertiary/aromatic N) is 4. The zero-order valence-corrected chi connectivity index (χ0v) is 21.3. The van der Waals surface area contributed by atoms with Gasteiger partial charge in [-0.15, -0.1) is 11.3 Å². The van der Waals surface area contributed by atoms with E-state index in [-0.39, 0.29) is 10.0 Å². The molecule has 0 saturated carbocycles. The lowest BCUT2D eigenvalue weighted by molar-refractivity contribution is 0.602. The fourth-order valence-electron chi connectivity index (χ4n) is 3.77. The third kappa shape index (κ3) is 4.65. The van der Waals surface area contributed by atoms with E-state index in [1.165, 1.54) is 0 Å². The van der Waals surface area contributed by atoms with E-state index in [1.807, 2.05) is 48.5 Å². The first kappa shape index (κ1) is 22.4. The fourth-order valence-corrected chi connectivity index (χ4v) is 7.04. The van der Waals surface area contributed by atoms with E-state index in [4.69, 9.17) is 16.6 Å². The molecule has 0 atom stereocenters. The van der Waals surface area contributed by atoms with Gasteiger partial charge < -0.3 is 9.80 Å². The summed E-state index contributed by atoms with van der Waals surface area (Å²) in [5.41, 5.74) is 2.33. The van der Waals surface area contributed by atoms with Gasteiger partial charge in [-0.3, -0.25) is 4.72 Å². The van der Waals surface area contributed by atoms with Gasteiger partial charge in [0, 0.05) is 26.2 Å². The summed E-state index contributed by atoms with van der Waals surface area (Å²) >= 11 is 10.8. The summed E-state index contributed by atoms with van der Waals surface area (Å²) in [5, 5.41) is 0.715. The molecule has 0 radical (unpaired) electrons. The SMILES string of the molecule is O=S(=O)(Nc1nc2ccccc2nc1N1CCN(c2ccccc2Cl)CC1)c1ccc(Br)s1. The summed E-state index contributed by atoms with van der Waals surface area (Å²) in [4.78, 5) is 13.7. The van der Waals surface area contributed by atoms with Crippen LogP contribution in [0.5, 0.6) is 0 Å². The van der Waals surface area contributed by atoms with E-state index < -0.39 is 10.0 Å². The van der Waals surface area contributed by atoms with Gasteiger partial charge >= 0.3 is 0 Å². The van der Waals surface area contributed by atoms with Crippen molar-refractivity contribution in [2.45, 2.75) is 4.21 Å². The zero-order valence-electron chi connectivity index (χ0n) is 17.3. The summed E-state index contributed by atoms with van der Waals surface area (Å²) in [6, 6.07) is 18.5. The maximum atomic E-state index is 13.0. The normalized spacial score (nSPS) is 14.6. The van der Waals surface area contributed by atoms with E-state index in [0.29, 0.717) is 35.0 Å². The number of thiophene rings is 1. The fraction of sp³-hybridized carbons (Fsp3) is 0.182. The van der Waals surface area contributed by atoms with Gasteiger partial charge in [0.15, 0.2) is 11.6 Å². The molecule has 0 unspecified atom stereocenters. The van der Waals surface area contributed by atoms with Crippen LogP contribution in [-0.4, -0.2) is 44.6 Å². The standard InChI is InChI=1S/C22H19BrClN5O2S2/c23-19-9-10-20(32-19)33(30,31)27-21-22(26-17-7-3-2-6-16(17)25-21)29-13-11-28(12-14-29)18-8-4-1-5-15(18)24/h1-10H,11-14H2,(H,25,27). The number of aromatic nitrogens is 2. The van der Waals surface area contributed by atoms with Crippen LogP contribution in [0.4, 0.5) is 17.3 Å². The first-order valence-corrected chi connectivity index (χ1v) is 13.7. The molecule has 1 N–H and O–H groups in total. The molecule has 11 heteroatoms. The van der Waals surface area contributed by atoms with Crippen LogP contribution in [0.3, 0.4) is 0 Å². The maximum Gasteiger partial charge on any atom is 0.272 e. The summed E-state index contributed by atoms with van der Waals surface area (Å²) < 4.78 is 29.7. The first-order chi connectivity index (χ1) is 15.9. The molecule has 4 aromatic rings. The number of nitrogens with one attached hydrogen (secondary N) is 1. The highest BCUT2D eigenvalue weighted by molar-refractivity contribution is 9.11. The van der Waals surface area contributed by atoms with E-state index >= 15 is 0 Å². The molecule has 7 nitrogen and oxygen atoms in total. The average molecular weight is 565 g/mol. The minimum atomic E-state index is -3.80. The molecule has 2 aromatic heterocycles. The van der Waals surface area contributed by atoms with Gasteiger partial charge in [-0.05, 0) is 52.3 Å². The first-order valence-electron chi connectivity index (χ1n) is 10.2. The predicted molar refractivity (Wildman–Crippen MR) is 138 cm³/mol. The second kappa shape index (κ2) is 9.09. The highest BCUT2D eigenvalue weighted by atomic mass is 79.9. The van der Waals surface area contributed by atoms with E-state index in [2.05, 4.69) is 35.4 Å². The quantitative estimate of drug-likeness (QED) is 0.357. The van der Waals surface area contributed by atoms with Gasteiger partial charge in [0.1, 0.15) is 4.21 Å². The van der Waals surface area contributed by atoms with Crippen molar-refractivity contribution < 1.29 is 8.42 Å². The van der Waals surface area contributed by atoms with Gasteiger partial charge in [0.25, 0.3) is 10.0 Å². The van der Waals surface area contributed by atoms with Gasteiger partial charge in [0.05, 0.1) is 25.5 Å². The number of anilines is 3. The largest absolute Gasteiger partial charge is 0.367 e. The number of fused-ring (bicyclic) bond motifs is 1. The molecule has 170 valence electrons. The van der Waals surface area contributed by atoms with E-state index in [9.17, 15) is 8.42 Å². The minimum Gasteiger partial charge on any atom is -0.367 e. The molecule has 33 heavy (non-hydrogen) atoms. The molecule has 3 heterocycles. The van der Waals surface area contributed by atoms with Crippen LogP contribution in [-0.2, 0) is 10.0 Å². The third-order valence-electron chi connectivity index (χ3n) is 5.37. The Hall–Kier alpha value is -2.40. The number of hydrogen-bond acceptors (Lipinski definition) is 7. The van der Waals surface area contributed by atoms with E-state index in [0.717, 1.165) is 33.9 Å². The van der Waals surface area contributed by atoms with Crippen molar-refractivity contribution in [3.8, 4) is 0 Å². The predicted octanol–water partition coefficient (Wildman–Crippen LogP) is 5.23. The average Bonchev–Trinajstić information content (AvgIpc) is 3.26. The number of benzene rings is 2. The van der Waals surface area contributed by atoms with Crippen LogP contribution < -0.4 is 14.5 Å². The lowest BCUT2D eigenvalue weighted by atomic mass is 10.2. The lowest BCUT2D eigenvalue weighted by Gasteiger charge is -2.37. The number of sulfonamides is 1. The second-order valence-corrected chi connectivity index (χ2v) is 12.3. The van der Waals surface area contributed by atoms with Crippen LogP contribution in [0.25, 0.3) is 11.0 Å².